The summed E-state index contributed by atoms with van der Waals surface area (Å²) < 4.78 is -0.750. The van der Waals surface area contributed by atoms with Gasteiger partial charge in [0, 0.05) is 0 Å². The third-order valence-electron chi connectivity index (χ3n) is 1.21. The molecule has 0 aliphatic rings. The molecule has 0 saturated carbocycles. The average molecular weight is 286 g/mol. The number of alkyl halides is 3. The van der Waals surface area contributed by atoms with Gasteiger partial charge in [-0.1, -0.05) is 71.2 Å². The van der Waals surface area contributed by atoms with E-state index < -0.39 is 9.54 Å². The fourth-order valence-electron chi connectivity index (χ4n) is 0.726. The molecule has 0 bridgehead atoms. The van der Waals surface area contributed by atoms with E-state index in [0.717, 1.165) is 5.56 Å². The highest BCUT2D eigenvalue weighted by molar-refractivity contribution is 6.66. The van der Waals surface area contributed by atoms with E-state index in [4.69, 9.17) is 46.4 Å². The molecule has 0 radical (unpaired) electrons. The third kappa shape index (κ3) is 11.7. The summed E-state index contributed by atoms with van der Waals surface area (Å²) >= 11 is 19.5. The average Bonchev–Trinajstić information content (AvgIpc) is 2.15. The van der Waals surface area contributed by atoms with Gasteiger partial charge in [-0.3, -0.25) is 4.79 Å². The van der Waals surface area contributed by atoms with Crippen LogP contribution in [0.15, 0.2) is 36.4 Å². The number of allylic oxidation sites excluding steroid dienone is 1. The second kappa shape index (κ2) is 9.05. The number of hydrogen-bond acceptors (Lipinski definition) is 1. The van der Waals surface area contributed by atoms with Gasteiger partial charge in [-0.05, 0) is 23.2 Å². The fourth-order valence-corrected chi connectivity index (χ4v) is 0.789. The van der Waals surface area contributed by atoms with E-state index in [9.17, 15) is 4.79 Å². The van der Waals surface area contributed by atoms with Crippen molar-refractivity contribution in [1.82, 2.24) is 0 Å². The Morgan fingerprint density at radius 3 is 2.00 bits per heavy atom. The maximum Gasteiger partial charge on any atom is 0.245 e. The lowest BCUT2D eigenvalue weighted by Gasteiger charge is -1.87. The van der Waals surface area contributed by atoms with Crippen LogP contribution in [0.5, 0.6) is 0 Å². The number of carbonyl (C=O) groups excluding carboxylic acids is 1. The summed E-state index contributed by atoms with van der Waals surface area (Å²) in [4.78, 5) is 10.3. The molecule has 0 amide bonds. The molecule has 1 rings (SSSR count). The Kier molecular flexibility index (Phi) is 8.92. The normalized spacial score (nSPS) is 9.93. The van der Waals surface area contributed by atoms with Gasteiger partial charge in [0.1, 0.15) is 0 Å². The summed E-state index contributed by atoms with van der Waals surface area (Å²) in [7, 11) is 0. The van der Waals surface area contributed by atoms with E-state index in [1.54, 1.807) is 6.08 Å². The first-order valence-corrected chi connectivity index (χ1v) is 5.56. The molecule has 0 atom stereocenters. The number of hydrogen-bond donors (Lipinski definition) is 0. The summed E-state index contributed by atoms with van der Waals surface area (Å²) in [5.74, 6) is 0. The lowest BCUT2D eigenvalue weighted by molar-refractivity contribution is -0.107. The number of halogens is 4. The van der Waals surface area contributed by atoms with E-state index in [1.165, 1.54) is 6.08 Å². The zero-order valence-electron chi connectivity index (χ0n) is 7.54. The summed E-state index contributed by atoms with van der Waals surface area (Å²) in [6, 6.07) is 9.52. The molecule has 0 fully saturated rings. The number of rotatable bonds is 2. The van der Waals surface area contributed by atoms with Crippen LogP contribution < -0.4 is 0 Å². The molecule has 1 aromatic carbocycles. The Morgan fingerprint density at radius 1 is 1.13 bits per heavy atom. The van der Waals surface area contributed by atoms with Crippen molar-refractivity contribution in [2.75, 3.05) is 0 Å². The predicted octanol–water partition coefficient (Wildman–Crippen LogP) is 4.45. The monoisotopic (exact) mass is 284 g/mol. The molecule has 0 unspecified atom stereocenters. The van der Waals surface area contributed by atoms with E-state index in [-0.39, 0.29) is 0 Å². The van der Waals surface area contributed by atoms with Crippen molar-refractivity contribution in [3.05, 3.63) is 42.0 Å². The summed E-state index contributed by atoms with van der Waals surface area (Å²) in [6.45, 7) is 0. The minimum absolute atomic E-state index is 0.450. The van der Waals surface area contributed by atoms with Crippen LogP contribution in [0, 0.1) is 0 Å². The quantitative estimate of drug-likeness (QED) is 0.446. The van der Waals surface area contributed by atoms with Crippen molar-refractivity contribution in [3.8, 4) is 0 Å². The van der Waals surface area contributed by atoms with Gasteiger partial charge in [-0.2, -0.15) is 0 Å². The van der Waals surface area contributed by atoms with Crippen LogP contribution in [-0.4, -0.2) is 9.54 Å². The first kappa shape index (κ1) is 14.8. The zero-order chi connectivity index (χ0) is 11.7. The van der Waals surface area contributed by atoms with Gasteiger partial charge < -0.3 is 0 Å². The van der Waals surface area contributed by atoms with E-state index in [1.807, 2.05) is 30.3 Å². The van der Waals surface area contributed by atoms with Crippen molar-refractivity contribution in [2.24, 2.45) is 0 Å². The van der Waals surface area contributed by atoms with Crippen molar-refractivity contribution in [3.63, 3.8) is 0 Å². The first-order chi connectivity index (χ1) is 7.02. The first-order valence-electron chi connectivity index (χ1n) is 3.87. The molecule has 5 heteroatoms. The number of benzene rings is 1. The Hall–Kier alpha value is -0.210. The summed E-state index contributed by atoms with van der Waals surface area (Å²) in [5, 5.41) is -0.450. The van der Waals surface area contributed by atoms with Gasteiger partial charge in [0.2, 0.25) is 5.24 Å². The Labute approximate surface area is 109 Å². The largest absolute Gasteiger partial charge is 0.276 e. The molecule has 0 heterocycles. The van der Waals surface area contributed by atoms with Gasteiger partial charge in [0.15, 0.2) is 4.30 Å². The van der Waals surface area contributed by atoms with Gasteiger partial charge >= 0.3 is 0 Å². The molecule has 1 aromatic rings. The molecule has 15 heavy (non-hydrogen) atoms. The van der Waals surface area contributed by atoms with Crippen LogP contribution in [0.2, 0.25) is 0 Å². The molecule has 0 saturated heterocycles. The van der Waals surface area contributed by atoms with Crippen LogP contribution in [-0.2, 0) is 4.79 Å². The van der Waals surface area contributed by atoms with Crippen LogP contribution in [0.1, 0.15) is 5.56 Å². The van der Waals surface area contributed by atoms with Gasteiger partial charge in [-0.25, -0.2) is 0 Å². The zero-order valence-corrected chi connectivity index (χ0v) is 10.6. The van der Waals surface area contributed by atoms with Crippen molar-refractivity contribution < 1.29 is 4.79 Å². The fraction of sp³-hybridized carbons (Fsp3) is 0.100. The van der Waals surface area contributed by atoms with Gasteiger partial charge in [0.05, 0.1) is 0 Å². The minimum Gasteiger partial charge on any atom is -0.276 e. The van der Waals surface area contributed by atoms with Crippen molar-refractivity contribution in [2.45, 2.75) is 4.30 Å². The second-order valence-corrected chi connectivity index (χ2v) is 4.65. The Balaban J connectivity index is 0.000000423. The van der Waals surface area contributed by atoms with Gasteiger partial charge in [0.25, 0.3) is 0 Å². The summed E-state index contributed by atoms with van der Waals surface area (Å²) in [6.07, 6.45) is 3.01. The highest BCUT2D eigenvalue weighted by Crippen LogP contribution is 2.03. The molecule has 0 N–H and O–H groups in total. The molecule has 0 aliphatic heterocycles. The molecule has 1 nitrogen and oxygen atoms in total. The molecule has 0 aromatic heterocycles. The van der Waals surface area contributed by atoms with Crippen LogP contribution in [0.4, 0.5) is 0 Å². The molecular weight excluding hydrogens is 278 g/mol. The number of carbonyl (C=O) groups is 1. The molecule has 82 valence electrons. The van der Waals surface area contributed by atoms with E-state index in [2.05, 4.69) is 0 Å². The van der Waals surface area contributed by atoms with Crippen LogP contribution >= 0.6 is 46.4 Å². The standard InChI is InChI=1S/C9H7ClO.CHCl3/c10-9(11)7-6-8-4-2-1-3-5-8;2-1(3)4/h1-7H;1H/b7-6+;. The lowest BCUT2D eigenvalue weighted by Crippen LogP contribution is -1.75. The van der Waals surface area contributed by atoms with Crippen LogP contribution in [0.25, 0.3) is 6.08 Å². The highest BCUT2D eigenvalue weighted by Gasteiger charge is 1.85. The topological polar surface area (TPSA) is 17.1 Å². The van der Waals surface area contributed by atoms with Crippen LogP contribution in [0.3, 0.4) is 0 Å². The van der Waals surface area contributed by atoms with Crippen molar-refractivity contribution in [1.29, 1.82) is 0 Å². The van der Waals surface area contributed by atoms with Crippen molar-refractivity contribution >= 4 is 57.7 Å². The predicted molar refractivity (Wildman–Crippen MR) is 67.7 cm³/mol. The molecule has 0 aliphatic carbocycles. The molecular formula is C10H8Cl4O. The maximum absolute atomic E-state index is 10.3. The Bertz CT molecular complexity index is 306. The third-order valence-corrected chi connectivity index (χ3v) is 1.33. The van der Waals surface area contributed by atoms with E-state index >= 15 is 0 Å². The lowest BCUT2D eigenvalue weighted by atomic mass is 10.2. The minimum atomic E-state index is -0.750. The van der Waals surface area contributed by atoms with Gasteiger partial charge in [-0.15, -0.1) is 0 Å². The molecule has 0 spiro atoms. The SMILES string of the molecule is ClC(Cl)Cl.O=C(Cl)/C=C/c1ccccc1. The highest BCUT2D eigenvalue weighted by atomic mass is 35.6. The Morgan fingerprint density at radius 2 is 1.60 bits per heavy atom. The van der Waals surface area contributed by atoms with E-state index in [0.29, 0.717) is 0 Å². The second-order valence-electron chi connectivity index (χ2n) is 2.30. The summed E-state index contributed by atoms with van der Waals surface area (Å²) in [5.41, 5.74) is 0.974. The smallest absolute Gasteiger partial charge is 0.245 e. The maximum atomic E-state index is 10.3.